The predicted molar refractivity (Wildman–Crippen MR) is 127 cm³/mol. The first kappa shape index (κ1) is 21.6. The highest BCUT2D eigenvalue weighted by molar-refractivity contribution is 6.06. The third kappa shape index (κ3) is 4.25. The van der Waals surface area contributed by atoms with Gasteiger partial charge in [0.05, 0.1) is 16.6 Å². The zero-order valence-corrected chi connectivity index (χ0v) is 19.4. The Kier molecular flexibility index (Phi) is 5.44. The maximum absolute atomic E-state index is 12.6. The van der Waals surface area contributed by atoms with E-state index in [1.54, 1.807) is 0 Å². The maximum Gasteiger partial charge on any atom is 0.323 e. The van der Waals surface area contributed by atoms with Gasteiger partial charge in [0, 0.05) is 25.2 Å². The van der Waals surface area contributed by atoms with E-state index in [0.717, 1.165) is 47.4 Å². The van der Waals surface area contributed by atoms with E-state index >= 15 is 0 Å². The minimum atomic E-state index is -0.472. The molecule has 5 rings (SSSR count). The molecule has 2 aliphatic rings. The molecule has 3 heterocycles. The zero-order chi connectivity index (χ0) is 23.2. The van der Waals surface area contributed by atoms with Crippen molar-refractivity contribution >= 4 is 22.9 Å². The van der Waals surface area contributed by atoms with Crippen LogP contribution in [0.1, 0.15) is 49.5 Å². The second kappa shape index (κ2) is 8.30. The van der Waals surface area contributed by atoms with Gasteiger partial charge >= 0.3 is 5.97 Å². The summed E-state index contributed by atoms with van der Waals surface area (Å²) in [6.45, 7) is 8.59. The van der Waals surface area contributed by atoms with Crippen molar-refractivity contribution in [2.45, 2.75) is 58.3 Å². The van der Waals surface area contributed by atoms with Gasteiger partial charge in [-0.3, -0.25) is 14.5 Å². The molecule has 7 nitrogen and oxygen atoms in total. The number of rotatable bonds is 4. The number of hydrogen-bond acceptors (Lipinski definition) is 5. The summed E-state index contributed by atoms with van der Waals surface area (Å²) in [5, 5.41) is 2.96. The molecule has 0 spiro atoms. The van der Waals surface area contributed by atoms with Crippen LogP contribution in [-0.4, -0.2) is 51.1 Å². The fraction of sp³-hybridized carbons (Fsp3) is 0.423. The fourth-order valence-corrected chi connectivity index (χ4v) is 4.83. The highest BCUT2D eigenvalue weighted by atomic mass is 16.6. The third-order valence-corrected chi connectivity index (χ3v) is 6.27. The number of amides is 1. The molecular formula is C26H30N4O3. The number of para-hydroxylation sites is 1. The number of nitrogens with one attached hydrogen (secondary N) is 1. The van der Waals surface area contributed by atoms with Crippen LogP contribution in [-0.2, 0) is 22.6 Å². The monoisotopic (exact) mass is 446 g/mol. The smallest absolute Gasteiger partial charge is 0.323 e. The number of imidazole rings is 1. The fourth-order valence-electron chi connectivity index (χ4n) is 4.83. The molecular weight excluding hydrogens is 416 g/mol. The SMILES string of the molecule is CC(C)(C)OC(=O)[C@H]1CCCN1Cc1ccc(-c2nc3cccc4c3n2CCNC4=O)cc1. The van der Waals surface area contributed by atoms with Crippen LogP contribution in [0.4, 0.5) is 0 Å². The summed E-state index contributed by atoms with van der Waals surface area (Å²) >= 11 is 0. The van der Waals surface area contributed by atoms with Crippen LogP contribution >= 0.6 is 0 Å². The zero-order valence-electron chi connectivity index (χ0n) is 19.4. The van der Waals surface area contributed by atoms with E-state index in [-0.39, 0.29) is 17.9 Å². The molecule has 2 aliphatic heterocycles. The molecule has 33 heavy (non-hydrogen) atoms. The number of carbonyl (C=O) groups excluding carboxylic acids is 2. The lowest BCUT2D eigenvalue weighted by Crippen LogP contribution is -2.40. The summed E-state index contributed by atoms with van der Waals surface area (Å²) in [6.07, 6.45) is 1.84. The lowest BCUT2D eigenvalue weighted by atomic mass is 10.1. The van der Waals surface area contributed by atoms with Gasteiger partial charge in [-0.2, -0.15) is 0 Å². The Hall–Kier alpha value is -3.19. The summed E-state index contributed by atoms with van der Waals surface area (Å²) in [5.41, 5.74) is 4.09. The summed E-state index contributed by atoms with van der Waals surface area (Å²) < 4.78 is 7.77. The Morgan fingerprint density at radius 2 is 1.94 bits per heavy atom. The molecule has 7 heteroatoms. The molecule has 1 atom stereocenters. The van der Waals surface area contributed by atoms with E-state index in [9.17, 15) is 9.59 Å². The van der Waals surface area contributed by atoms with E-state index in [1.807, 2.05) is 39.0 Å². The van der Waals surface area contributed by atoms with Crippen LogP contribution in [0.2, 0.25) is 0 Å². The van der Waals surface area contributed by atoms with E-state index in [2.05, 4.69) is 39.0 Å². The number of esters is 1. The number of benzene rings is 2. The maximum atomic E-state index is 12.6. The average molecular weight is 447 g/mol. The highest BCUT2D eigenvalue weighted by Gasteiger charge is 2.34. The molecule has 0 bridgehead atoms. The second-order valence-electron chi connectivity index (χ2n) is 9.88. The number of likely N-dealkylation sites (tertiary alicyclic amines) is 1. The predicted octanol–water partition coefficient (Wildman–Crippen LogP) is 3.75. The molecule has 3 aromatic rings. The lowest BCUT2D eigenvalue weighted by molar-refractivity contribution is -0.160. The molecule has 0 unspecified atom stereocenters. The number of nitrogens with zero attached hydrogens (tertiary/aromatic N) is 3. The van der Waals surface area contributed by atoms with Gasteiger partial charge in [-0.15, -0.1) is 0 Å². The Labute approximate surface area is 193 Å². The first-order chi connectivity index (χ1) is 15.8. The topological polar surface area (TPSA) is 76.5 Å². The van der Waals surface area contributed by atoms with Crippen LogP contribution in [0.15, 0.2) is 42.5 Å². The minimum Gasteiger partial charge on any atom is -0.459 e. The molecule has 1 fully saturated rings. The summed E-state index contributed by atoms with van der Waals surface area (Å²) in [6, 6.07) is 13.9. The Balaban J connectivity index is 1.38. The van der Waals surface area contributed by atoms with E-state index in [0.29, 0.717) is 25.2 Å². The van der Waals surface area contributed by atoms with Crippen LogP contribution in [0, 0.1) is 0 Å². The number of hydrogen-bond donors (Lipinski definition) is 1. The molecule has 0 radical (unpaired) electrons. The van der Waals surface area contributed by atoms with Gasteiger partial charge in [-0.25, -0.2) is 4.98 Å². The Bertz CT molecular complexity index is 1210. The van der Waals surface area contributed by atoms with E-state index < -0.39 is 5.60 Å². The third-order valence-electron chi connectivity index (χ3n) is 6.27. The van der Waals surface area contributed by atoms with Crippen molar-refractivity contribution in [1.29, 1.82) is 0 Å². The number of carbonyl (C=O) groups is 2. The standard InChI is InChI=1S/C26H30N4O3/c1-26(2,3)33-25(32)21-8-5-14-29(21)16-17-9-11-18(12-10-17)23-28-20-7-4-6-19-22(20)30(23)15-13-27-24(19)31/h4,6-7,9-12,21H,5,8,13-16H2,1-3H3,(H,27,31)/t21-/m1/s1. The van der Waals surface area contributed by atoms with Crippen LogP contribution in [0.25, 0.3) is 22.4 Å². The lowest BCUT2D eigenvalue weighted by Gasteiger charge is -2.27. The normalized spacial score (nSPS) is 18.9. The average Bonchev–Trinajstić information content (AvgIpc) is 3.33. The van der Waals surface area contributed by atoms with Crippen molar-refractivity contribution in [3.8, 4) is 11.4 Å². The first-order valence-corrected chi connectivity index (χ1v) is 11.6. The number of ether oxygens (including phenoxy) is 1. The van der Waals surface area contributed by atoms with Gasteiger partial charge in [0.2, 0.25) is 0 Å². The van der Waals surface area contributed by atoms with E-state index in [1.165, 1.54) is 0 Å². The number of aromatic nitrogens is 2. The molecule has 0 saturated carbocycles. The van der Waals surface area contributed by atoms with Crippen LogP contribution < -0.4 is 5.32 Å². The van der Waals surface area contributed by atoms with Gasteiger partial charge in [0.15, 0.2) is 0 Å². The molecule has 2 aromatic carbocycles. The van der Waals surface area contributed by atoms with Gasteiger partial charge in [0.25, 0.3) is 5.91 Å². The molecule has 1 N–H and O–H groups in total. The Morgan fingerprint density at radius 3 is 2.70 bits per heavy atom. The van der Waals surface area contributed by atoms with Gasteiger partial charge in [-0.1, -0.05) is 30.3 Å². The summed E-state index contributed by atoms with van der Waals surface area (Å²) in [7, 11) is 0. The van der Waals surface area contributed by atoms with Crippen molar-refractivity contribution in [2.75, 3.05) is 13.1 Å². The molecule has 1 amide bonds. The van der Waals surface area contributed by atoms with Gasteiger partial charge < -0.3 is 14.6 Å². The van der Waals surface area contributed by atoms with Crippen molar-refractivity contribution in [2.24, 2.45) is 0 Å². The van der Waals surface area contributed by atoms with Crippen LogP contribution in [0.3, 0.4) is 0 Å². The van der Waals surface area contributed by atoms with E-state index in [4.69, 9.17) is 9.72 Å². The molecule has 0 aliphatic carbocycles. The van der Waals surface area contributed by atoms with Crippen molar-refractivity contribution in [3.63, 3.8) is 0 Å². The quantitative estimate of drug-likeness (QED) is 0.618. The van der Waals surface area contributed by atoms with Crippen molar-refractivity contribution in [1.82, 2.24) is 19.8 Å². The first-order valence-electron chi connectivity index (χ1n) is 11.6. The second-order valence-corrected chi connectivity index (χ2v) is 9.88. The Morgan fingerprint density at radius 1 is 1.15 bits per heavy atom. The molecule has 1 aromatic heterocycles. The molecule has 172 valence electrons. The van der Waals surface area contributed by atoms with Crippen LogP contribution in [0.5, 0.6) is 0 Å². The summed E-state index contributed by atoms with van der Waals surface area (Å²) in [4.78, 5) is 32.1. The summed E-state index contributed by atoms with van der Waals surface area (Å²) in [5.74, 6) is 0.689. The minimum absolute atomic E-state index is 0.0497. The largest absolute Gasteiger partial charge is 0.459 e. The van der Waals surface area contributed by atoms with Gasteiger partial charge in [0.1, 0.15) is 17.5 Å². The van der Waals surface area contributed by atoms with Crippen molar-refractivity contribution in [3.05, 3.63) is 53.6 Å². The molecule has 1 saturated heterocycles. The van der Waals surface area contributed by atoms with Gasteiger partial charge in [-0.05, 0) is 57.9 Å². The highest BCUT2D eigenvalue weighted by Crippen LogP contribution is 2.29. The van der Waals surface area contributed by atoms with Crippen molar-refractivity contribution < 1.29 is 14.3 Å².